The van der Waals surface area contributed by atoms with Crippen LogP contribution in [0.3, 0.4) is 0 Å². The van der Waals surface area contributed by atoms with Gasteiger partial charge in [-0.25, -0.2) is 4.98 Å². The Morgan fingerprint density at radius 3 is 3.00 bits per heavy atom. The highest BCUT2D eigenvalue weighted by Crippen LogP contribution is 2.29. The fourth-order valence-corrected chi connectivity index (χ4v) is 3.24. The van der Waals surface area contributed by atoms with E-state index in [0.717, 1.165) is 35.6 Å². The quantitative estimate of drug-likeness (QED) is 0.925. The second-order valence-electron chi connectivity index (χ2n) is 5.65. The molecular weight excluding hydrogens is 286 g/mol. The van der Waals surface area contributed by atoms with Gasteiger partial charge in [-0.15, -0.1) is 0 Å². The molecule has 0 bridgehead atoms. The van der Waals surface area contributed by atoms with Crippen LogP contribution >= 0.6 is 11.6 Å². The number of fused-ring (bicyclic) bond motifs is 1. The van der Waals surface area contributed by atoms with Gasteiger partial charge in [0, 0.05) is 31.3 Å². The van der Waals surface area contributed by atoms with Crippen molar-refractivity contribution in [1.29, 1.82) is 0 Å². The molecule has 0 aliphatic carbocycles. The number of amides is 1. The van der Waals surface area contributed by atoms with Gasteiger partial charge < -0.3 is 9.88 Å². The molecule has 0 fully saturated rings. The van der Waals surface area contributed by atoms with Crippen LogP contribution in [0.15, 0.2) is 24.5 Å². The van der Waals surface area contributed by atoms with Crippen LogP contribution < -0.4 is 5.32 Å². The third-order valence-corrected chi connectivity index (χ3v) is 4.30. The molecule has 1 aromatic carbocycles. The number of hydrogen-bond acceptors (Lipinski definition) is 2. The maximum Gasteiger partial charge on any atom is 0.228 e. The Morgan fingerprint density at radius 2 is 2.24 bits per heavy atom. The Kier molecular flexibility index (Phi) is 3.72. The van der Waals surface area contributed by atoms with Crippen molar-refractivity contribution in [2.45, 2.75) is 33.2 Å². The fraction of sp³-hybridized carbons (Fsp3) is 0.375. The number of imidazole rings is 1. The van der Waals surface area contributed by atoms with E-state index in [1.807, 2.05) is 32.2 Å². The highest BCUT2D eigenvalue weighted by molar-refractivity contribution is 6.34. The van der Waals surface area contributed by atoms with Gasteiger partial charge in [0.15, 0.2) is 0 Å². The summed E-state index contributed by atoms with van der Waals surface area (Å²) < 4.78 is 2.11. The number of carbonyl (C=O) groups excluding carboxylic acids is 1. The summed E-state index contributed by atoms with van der Waals surface area (Å²) in [6.07, 6.45) is 5.26. The predicted octanol–water partition coefficient (Wildman–Crippen LogP) is 3.35. The van der Waals surface area contributed by atoms with E-state index in [9.17, 15) is 4.79 Å². The summed E-state index contributed by atoms with van der Waals surface area (Å²) in [5.74, 6) is 0.961. The summed E-state index contributed by atoms with van der Waals surface area (Å²) >= 11 is 6.25. The molecule has 1 aliphatic rings. The number of halogens is 1. The first-order valence-corrected chi connectivity index (χ1v) is 7.50. The molecule has 0 radical (unpaired) electrons. The van der Waals surface area contributed by atoms with Gasteiger partial charge in [0.05, 0.1) is 10.7 Å². The first-order chi connectivity index (χ1) is 10.0. The minimum absolute atomic E-state index is 0.0260. The number of aromatic nitrogens is 2. The number of aryl methyl sites for hydroxylation is 3. The molecule has 1 N–H and O–H groups in total. The fourth-order valence-electron chi connectivity index (χ4n) is 2.87. The molecule has 1 amide bonds. The third kappa shape index (κ3) is 2.81. The molecule has 4 nitrogen and oxygen atoms in total. The van der Waals surface area contributed by atoms with Crippen molar-refractivity contribution >= 4 is 23.2 Å². The van der Waals surface area contributed by atoms with E-state index < -0.39 is 0 Å². The lowest BCUT2D eigenvalue weighted by molar-refractivity contribution is -0.120. The molecule has 21 heavy (non-hydrogen) atoms. The molecule has 1 unspecified atom stereocenters. The Balaban J connectivity index is 1.76. The zero-order valence-corrected chi connectivity index (χ0v) is 12.9. The summed E-state index contributed by atoms with van der Waals surface area (Å²) in [4.78, 5) is 16.8. The topological polar surface area (TPSA) is 46.9 Å². The maximum absolute atomic E-state index is 12.5. The summed E-state index contributed by atoms with van der Waals surface area (Å²) in [5.41, 5.74) is 2.81. The monoisotopic (exact) mass is 303 g/mol. The van der Waals surface area contributed by atoms with Gasteiger partial charge in [-0.05, 0) is 37.5 Å². The molecule has 110 valence electrons. The molecule has 0 spiro atoms. The number of nitrogens with zero attached hydrogens (tertiary/aromatic N) is 2. The third-order valence-electron chi connectivity index (χ3n) is 4.00. The van der Waals surface area contributed by atoms with E-state index in [4.69, 9.17) is 11.6 Å². The van der Waals surface area contributed by atoms with E-state index in [1.54, 1.807) is 6.20 Å². The van der Waals surface area contributed by atoms with Crippen molar-refractivity contribution in [3.63, 3.8) is 0 Å². The Labute approximate surface area is 129 Å². The molecule has 1 aliphatic heterocycles. The number of benzene rings is 1. The summed E-state index contributed by atoms with van der Waals surface area (Å²) in [7, 11) is 0. The number of hydrogen-bond donors (Lipinski definition) is 1. The summed E-state index contributed by atoms with van der Waals surface area (Å²) in [6, 6.07) is 3.90. The van der Waals surface area contributed by atoms with E-state index >= 15 is 0 Å². The van der Waals surface area contributed by atoms with Crippen LogP contribution in [0.5, 0.6) is 0 Å². The van der Waals surface area contributed by atoms with Gasteiger partial charge in [-0.3, -0.25) is 4.79 Å². The standard InChI is InChI=1S/C16H18ClN3O/c1-10-7-11(2)15(13(17)8-10)19-16(21)12-3-5-20-6-4-18-14(20)9-12/h4,6-8,12H,3,5,9H2,1-2H3,(H,19,21). The second-order valence-corrected chi connectivity index (χ2v) is 6.06. The van der Waals surface area contributed by atoms with Crippen molar-refractivity contribution < 1.29 is 4.79 Å². The van der Waals surface area contributed by atoms with Crippen molar-refractivity contribution in [3.05, 3.63) is 46.5 Å². The number of carbonyl (C=O) groups is 1. The van der Waals surface area contributed by atoms with E-state index in [2.05, 4.69) is 14.9 Å². The van der Waals surface area contributed by atoms with Crippen LogP contribution in [0.4, 0.5) is 5.69 Å². The molecule has 3 rings (SSSR count). The van der Waals surface area contributed by atoms with Gasteiger partial charge >= 0.3 is 0 Å². The lowest BCUT2D eigenvalue weighted by Gasteiger charge is -2.23. The van der Waals surface area contributed by atoms with Gasteiger partial charge in [0.25, 0.3) is 0 Å². The van der Waals surface area contributed by atoms with Gasteiger partial charge in [-0.1, -0.05) is 17.7 Å². The van der Waals surface area contributed by atoms with Crippen LogP contribution in [0, 0.1) is 19.8 Å². The summed E-state index contributed by atoms with van der Waals surface area (Å²) in [6.45, 7) is 4.79. The lowest BCUT2D eigenvalue weighted by Crippen LogP contribution is -2.30. The number of anilines is 1. The molecule has 1 atom stereocenters. The predicted molar refractivity (Wildman–Crippen MR) is 83.6 cm³/mol. The average molecular weight is 304 g/mol. The lowest BCUT2D eigenvalue weighted by atomic mass is 9.96. The zero-order valence-electron chi connectivity index (χ0n) is 12.2. The minimum atomic E-state index is -0.0448. The van der Waals surface area contributed by atoms with Crippen LogP contribution in [-0.4, -0.2) is 15.5 Å². The average Bonchev–Trinajstić information content (AvgIpc) is 2.89. The van der Waals surface area contributed by atoms with Crippen LogP contribution in [0.1, 0.15) is 23.4 Å². The normalized spacial score (nSPS) is 17.4. The summed E-state index contributed by atoms with van der Waals surface area (Å²) in [5, 5.41) is 3.59. The van der Waals surface area contributed by atoms with Gasteiger partial charge in [-0.2, -0.15) is 0 Å². The smallest absolute Gasteiger partial charge is 0.228 e. The second kappa shape index (κ2) is 5.53. The van der Waals surface area contributed by atoms with E-state index in [1.165, 1.54) is 0 Å². The minimum Gasteiger partial charge on any atom is -0.335 e. The zero-order chi connectivity index (χ0) is 15.0. The Morgan fingerprint density at radius 1 is 1.43 bits per heavy atom. The highest BCUT2D eigenvalue weighted by atomic mass is 35.5. The molecule has 0 saturated heterocycles. The van der Waals surface area contributed by atoms with Gasteiger partial charge in [0.2, 0.25) is 5.91 Å². The molecule has 1 aromatic heterocycles. The first kappa shape index (κ1) is 14.1. The molecule has 0 saturated carbocycles. The number of rotatable bonds is 2. The van der Waals surface area contributed by atoms with Crippen LogP contribution in [0.25, 0.3) is 0 Å². The SMILES string of the molecule is Cc1cc(C)c(NC(=O)C2CCn3ccnc3C2)c(Cl)c1. The number of nitrogens with one attached hydrogen (secondary N) is 1. The Hall–Kier alpha value is -1.81. The first-order valence-electron chi connectivity index (χ1n) is 7.12. The van der Waals surface area contributed by atoms with E-state index in [-0.39, 0.29) is 11.8 Å². The van der Waals surface area contributed by atoms with Gasteiger partial charge in [0.1, 0.15) is 5.82 Å². The molecule has 2 heterocycles. The van der Waals surface area contributed by atoms with Crippen LogP contribution in [0.2, 0.25) is 5.02 Å². The van der Waals surface area contributed by atoms with Crippen molar-refractivity contribution in [2.24, 2.45) is 5.92 Å². The highest BCUT2D eigenvalue weighted by Gasteiger charge is 2.26. The largest absolute Gasteiger partial charge is 0.335 e. The molecule has 2 aromatic rings. The van der Waals surface area contributed by atoms with Crippen molar-refractivity contribution in [1.82, 2.24) is 9.55 Å². The van der Waals surface area contributed by atoms with Crippen LogP contribution in [-0.2, 0) is 17.8 Å². The molecule has 5 heteroatoms. The van der Waals surface area contributed by atoms with Crippen molar-refractivity contribution in [3.8, 4) is 0 Å². The molecular formula is C16H18ClN3O. The van der Waals surface area contributed by atoms with E-state index in [0.29, 0.717) is 11.4 Å². The maximum atomic E-state index is 12.5. The Bertz CT molecular complexity index is 670. The van der Waals surface area contributed by atoms with Crippen molar-refractivity contribution in [2.75, 3.05) is 5.32 Å².